The summed E-state index contributed by atoms with van der Waals surface area (Å²) < 4.78 is 0.990. The second-order valence-electron chi connectivity index (χ2n) is 4.02. The third-order valence-electron chi connectivity index (χ3n) is 2.73. The van der Waals surface area contributed by atoms with Crippen LogP contribution in [0.1, 0.15) is 0 Å². The molecule has 0 aliphatic carbocycles. The highest BCUT2D eigenvalue weighted by Crippen LogP contribution is 2.34. The first-order chi connectivity index (χ1) is 9.65. The molecule has 0 spiro atoms. The highest BCUT2D eigenvalue weighted by molar-refractivity contribution is 9.10. The summed E-state index contributed by atoms with van der Waals surface area (Å²) in [5.74, 6) is 0.544. The topological polar surface area (TPSA) is 25.8 Å². The lowest BCUT2D eigenvalue weighted by Gasteiger charge is -2.08. The van der Waals surface area contributed by atoms with Crippen LogP contribution in [0.15, 0.2) is 45.6 Å². The smallest absolute Gasteiger partial charge is 0.163 e. The third-order valence-corrected chi connectivity index (χ3v) is 4.49. The minimum atomic E-state index is 0.355. The van der Waals surface area contributed by atoms with E-state index < -0.39 is 0 Å². The highest BCUT2D eigenvalue weighted by Gasteiger charge is 2.14. The van der Waals surface area contributed by atoms with Gasteiger partial charge in [-0.1, -0.05) is 51.3 Å². The minimum Gasteiger partial charge on any atom is -0.216 e. The first-order valence-electron chi connectivity index (χ1n) is 5.66. The van der Waals surface area contributed by atoms with Gasteiger partial charge in [-0.15, -0.1) is 0 Å². The number of thiophene rings is 1. The first-order valence-corrected chi connectivity index (χ1v) is 8.16. The molecule has 0 unspecified atom stereocenters. The van der Waals surface area contributed by atoms with Crippen molar-refractivity contribution in [2.75, 3.05) is 0 Å². The lowest BCUT2D eigenvalue weighted by molar-refractivity contribution is 1.18. The zero-order valence-corrected chi connectivity index (χ0v) is 13.9. The maximum absolute atomic E-state index is 6.28. The lowest BCUT2D eigenvalue weighted by Crippen LogP contribution is -1.93. The van der Waals surface area contributed by atoms with E-state index in [-0.39, 0.29) is 0 Å². The van der Waals surface area contributed by atoms with E-state index in [1.807, 2.05) is 41.1 Å². The Morgan fingerprint density at radius 2 is 1.55 bits per heavy atom. The van der Waals surface area contributed by atoms with Crippen molar-refractivity contribution in [2.45, 2.75) is 0 Å². The molecule has 1 aromatic carbocycles. The fourth-order valence-corrected chi connectivity index (χ4v) is 3.29. The van der Waals surface area contributed by atoms with Crippen LogP contribution < -0.4 is 0 Å². The first kappa shape index (κ1) is 14.0. The predicted octanol–water partition coefficient (Wildman–Crippen LogP) is 5.94. The molecule has 3 rings (SSSR count). The van der Waals surface area contributed by atoms with E-state index in [0.717, 1.165) is 15.6 Å². The van der Waals surface area contributed by atoms with Crippen molar-refractivity contribution >= 4 is 50.5 Å². The van der Waals surface area contributed by atoms with Crippen molar-refractivity contribution in [3.63, 3.8) is 0 Å². The zero-order valence-electron chi connectivity index (χ0n) is 9.98. The Balaban J connectivity index is 2.11. The SMILES string of the molecule is Clc1nc(-c2ccsc2)nc(Cl)c1-c1ccc(Br)cc1. The molecule has 100 valence electrons. The Morgan fingerprint density at radius 1 is 0.900 bits per heavy atom. The summed E-state index contributed by atoms with van der Waals surface area (Å²) in [6, 6.07) is 9.63. The van der Waals surface area contributed by atoms with Crippen molar-refractivity contribution in [3.8, 4) is 22.5 Å². The maximum atomic E-state index is 6.28. The van der Waals surface area contributed by atoms with Crippen LogP contribution in [0.4, 0.5) is 0 Å². The van der Waals surface area contributed by atoms with E-state index >= 15 is 0 Å². The highest BCUT2D eigenvalue weighted by atomic mass is 79.9. The number of halogens is 3. The van der Waals surface area contributed by atoms with Crippen molar-refractivity contribution in [2.24, 2.45) is 0 Å². The summed E-state index contributed by atoms with van der Waals surface area (Å²) in [5.41, 5.74) is 2.46. The summed E-state index contributed by atoms with van der Waals surface area (Å²) in [4.78, 5) is 8.68. The summed E-state index contributed by atoms with van der Waals surface area (Å²) in [6.45, 7) is 0. The zero-order chi connectivity index (χ0) is 14.1. The lowest BCUT2D eigenvalue weighted by atomic mass is 10.1. The second-order valence-corrected chi connectivity index (χ2v) is 6.43. The summed E-state index contributed by atoms with van der Waals surface area (Å²) in [7, 11) is 0. The van der Waals surface area contributed by atoms with Gasteiger partial charge in [0.05, 0.1) is 5.56 Å². The molecular formula is C14H7BrCl2N2S. The number of aromatic nitrogens is 2. The molecule has 0 N–H and O–H groups in total. The van der Waals surface area contributed by atoms with Gasteiger partial charge in [-0.25, -0.2) is 9.97 Å². The number of hydrogen-bond donors (Lipinski definition) is 0. The molecule has 0 radical (unpaired) electrons. The molecule has 0 aliphatic heterocycles. The van der Waals surface area contributed by atoms with Gasteiger partial charge in [-0.05, 0) is 29.1 Å². The van der Waals surface area contributed by atoms with Gasteiger partial charge >= 0.3 is 0 Å². The Morgan fingerprint density at radius 3 is 2.10 bits per heavy atom. The average Bonchev–Trinajstić information content (AvgIpc) is 2.94. The van der Waals surface area contributed by atoms with E-state index in [4.69, 9.17) is 23.2 Å². The fraction of sp³-hybridized carbons (Fsp3) is 0. The van der Waals surface area contributed by atoms with E-state index in [9.17, 15) is 0 Å². The maximum Gasteiger partial charge on any atom is 0.163 e. The molecule has 0 fully saturated rings. The van der Waals surface area contributed by atoms with Gasteiger partial charge in [0.1, 0.15) is 10.3 Å². The van der Waals surface area contributed by atoms with Gasteiger partial charge in [0.15, 0.2) is 5.82 Å². The summed E-state index contributed by atoms with van der Waals surface area (Å²) >= 11 is 17.5. The largest absolute Gasteiger partial charge is 0.216 e. The summed E-state index contributed by atoms with van der Waals surface area (Å²) in [5, 5.41) is 4.63. The Bertz CT molecular complexity index is 719. The Hall–Kier alpha value is -0.940. The molecule has 2 aromatic heterocycles. The standard InChI is InChI=1S/C14H7BrCl2N2S/c15-10-3-1-8(2-4-10)11-12(16)18-14(19-13(11)17)9-5-6-20-7-9/h1-7H. The van der Waals surface area contributed by atoms with Crippen LogP contribution in [0, 0.1) is 0 Å². The van der Waals surface area contributed by atoms with Crippen molar-refractivity contribution in [1.82, 2.24) is 9.97 Å². The van der Waals surface area contributed by atoms with Crippen molar-refractivity contribution in [3.05, 3.63) is 55.9 Å². The van der Waals surface area contributed by atoms with Crippen molar-refractivity contribution < 1.29 is 0 Å². The minimum absolute atomic E-state index is 0.355. The fourth-order valence-electron chi connectivity index (χ4n) is 1.78. The van der Waals surface area contributed by atoms with Crippen LogP contribution in [0.2, 0.25) is 10.3 Å². The number of nitrogens with zero attached hydrogens (tertiary/aromatic N) is 2. The van der Waals surface area contributed by atoms with E-state index in [1.54, 1.807) is 11.3 Å². The molecule has 3 aromatic rings. The van der Waals surface area contributed by atoms with Gasteiger partial charge < -0.3 is 0 Å². The van der Waals surface area contributed by atoms with Crippen LogP contribution in [0.3, 0.4) is 0 Å². The van der Waals surface area contributed by atoms with E-state index in [0.29, 0.717) is 21.7 Å². The van der Waals surface area contributed by atoms with Crippen LogP contribution in [-0.4, -0.2) is 9.97 Å². The molecule has 2 nitrogen and oxygen atoms in total. The molecule has 20 heavy (non-hydrogen) atoms. The van der Waals surface area contributed by atoms with Gasteiger partial charge in [0.25, 0.3) is 0 Å². The third kappa shape index (κ3) is 2.74. The number of hydrogen-bond acceptors (Lipinski definition) is 3. The molecular weight excluding hydrogens is 379 g/mol. The Labute approximate surface area is 138 Å². The van der Waals surface area contributed by atoms with Crippen LogP contribution in [0.5, 0.6) is 0 Å². The molecule has 0 bridgehead atoms. The number of benzene rings is 1. The molecule has 0 amide bonds. The van der Waals surface area contributed by atoms with Gasteiger partial charge in [0, 0.05) is 15.4 Å². The quantitative estimate of drug-likeness (QED) is 0.510. The molecule has 0 atom stereocenters. The Kier molecular flexibility index (Phi) is 4.08. The summed E-state index contributed by atoms with van der Waals surface area (Å²) in [6.07, 6.45) is 0. The molecule has 0 saturated carbocycles. The van der Waals surface area contributed by atoms with E-state index in [1.165, 1.54) is 0 Å². The van der Waals surface area contributed by atoms with Crippen LogP contribution in [0.25, 0.3) is 22.5 Å². The molecule has 2 heterocycles. The number of rotatable bonds is 2. The van der Waals surface area contributed by atoms with Gasteiger partial charge in [-0.2, -0.15) is 11.3 Å². The molecule has 6 heteroatoms. The second kappa shape index (κ2) is 5.82. The van der Waals surface area contributed by atoms with Crippen molar-refractivity contribution in [1.29, 1.82) is 0 Å². The molecule has 0 aliphatic rings. The van der Waals surface area contributed by atoms with Crippen LogP contribution >= 0.6 is 50.5 Å². The molecule has 0 saturated heterocycles. The normalized spacial score (nSPS) is 10.8. The van der Waals surface area contributed by atoms with Gasteiger partial charge in [-0.3, -0.25) is 0 Å². The van der Waals surface area contributed by atoms with Gasteiger partial charge in [0.2, 0.25) is 0 Å². The monoisotopic (exact) mass is 384 g/mol. The van der Waals surface area contributed by atoms with Crippen LogP contribution in [-0.2, 0) is 0 Å². The average molecular weight is 386 g/mol. The van der Waals surface area contributed by atoms with E-state index in [2.05, 4.69) is 25.9 Å². The predicted molar refractivity (Wildman–Crippen MR) is 88.5 cm³/mol.